The average molecular weight is 424 g/mol. The minimum Gasteiger partial charge on any atom is -0.508 e. The fourth-order valence-electron chi connectivity index (χ4n) is 3.99. The average Bonchev–Trinajstić information content (AvgIpc) is 2.78. The SMILES string of the molecule is CCOc1cc(-c2cc3ccccc3c3ccccc23)nc(-c2c(O)cc(O)cc2O)n1. The van der Waals surface area contributed by atoms with Gasteiger partial charge in [0, 0.05) is 23.8 Å². The Balaban J connectivity index is 1.82. The highest BCUT2D eigenvalue weighted by atomic mass is 16.5. The number of nitrogens with zero attached hydrogens (tertiary/aromatic N) is 2. The van der Waals surface area contributed by atoms with E-state index in [1.807, 2.05) is 37.3 Å². The van der Waals surface area contributed by atoms with Crippen LogP contribution in [0.3, 0.4) is 0 Å². The highest BCUT2D eigenvalue weighted by Crippen LogP contribution is 2.41. The Bertz CT molecular complexity index is 1460. The topological polar surface area (TPSA) is 95.7 Å². The molecule has 0 radical (unpaired) electrons. The lowest BCUT2D eigenvalue weighted by Crippen LogP contribution is -2.00. The van der Waals surface area contributed by atoms with Crippen LogP contribution in [0.15, 0.2) is 72.8 Å². The maximum absolute atomic E-state index is 10.4. The number of phenols is 3. The maximum atomic E-state index is 10.4. The van der Waals surface area contributed by atoms with E-state index in [2.05, 4.69) is 34.2 Å². The van der Waals surface area contributed by atoms with Gasteiger partial charge < -0.3 is 20.1 Å². The van der Waals surface area contributed by atoms with Crippen molar-refractivity contribution in [3.8, 4) is 45.8 Å². The van der Waals surface area contributed by atoms with Gasteiger partial charge in [0.25, 0.3) is 0 Å². The van der Waals surface area contributed by atoms with Crippen LogP contribution in [-0.4, -0.2) is 31.9 Å². The van der Waals surface area contributed by atoms with Gasteiger partial charge in [-0.05, 0) is 34.5 Å². The number of ether oxygens (including phenoxy) is 1. The van der Waals surface area contributed by atoms with Crippen LogP contribution in [0.1, 0.15) is 6.92 Å². The summed E-state index contributed by atoms with van der Waals surface area (Å²) in [4.78, 5) is 9.05. The van der Waals surface area contributed by atoms with Crippen LogP contribution < -0.4 is 4.74 Å². The highest BCUT2D eigenvalue weighted by Gasteiger charge is 2.19. The van der Waals surface area contributed by atoms with E-state index in [0.29, 0.717) is 18.2 Å². The molecule has 0 saturated heterocycles. The first kappa shape index (κ1) is 19.6. The molecule has 0 spiro atoms. The van der Waals surface area contributed by atoms with Gasteiger partial charge in [-0.2, -0.15) is 4.98 Å². The number of hydrogen-bond donors (Lipinski definition) is 3. The van der Waals surface area contributed by atoms with E-state index in [4.69, 9.17) is 4.74 Å². The maximum Gasteiger partial charge on any atom is 0.217 e. The van der Waals surface area contributed by atoms with Gasteiger partial charge >= 0.3 is 0 Å². The first-order valence-corrected chi connectivity index (χ1v) is 10.2. The molecule has 1 aromatic heterocycles. The standard InChI is InChI=1S/C26H20N2O4/c1-2-32-24-14-21(27-26(28-24)25-22(30)12-16(29)13-23(25)31)20-11-15-7-3-4-8-17(15)18-9-5-6-10-19(18)20/h3-14,29-31H,2H2,1H3. The second-order valence-electron chi connectivity index (χ2n) is 7.40. The Morgan fingerprint density at radius 3 is 2.12 bits per heavy atom. The van der Waals surface area contributed by atoms with E-state index in [0.717, 1.165) is 39.2 Å². The van der Waals surface area contributed by atoms with Crippen LogP contribution in [0.2, 0.25) is 0 Å². The third-order valence-electron chi connectivity index (χ3n) is 5.34. The molecule has 0 aliphatic carbocycles. The summed E-state index contributed by atoms with van der Waals surface area (Å²) in [7, 11) is 0. The van der Waals surface area contributed by atoms with Crippen molar-refractivity contribution < 1.29 is 20.1 Å². The minimum absolute atomic E-state index is 0.0238. The molecule has 158 valence electrons. The van der Waals surface area contributed by atoms with Crippen molar-refractivity contribution in [3.63, 3.8) is 0 Å². The zero-order chi connectivity index (χ0) is 22.2. The number of aromatic hydroxyl groups is 3. The Morgan fingerprint density at radius 2 is 1.41 bits per heavy atom. The lowest BCUT2D eigenvalue weighted by Gasteiger charge is -2.14. The predicted molar refractivity (Wildman–Crippen MR) is 124 cm³/mol. The van der Waals surface area contributed by atoms with Crippen molar-refractivity contribution in [1.82, 2.24) is 9.97 Å². The third kappa shape index (κ3) is 3.32. The molecule has 0 aliphatic rings. The molecule has 0 aliphatic heterocycles. The van der Waals surface area contributed by atoms with E-state index >= 15 is 0 Å². The minimum atomic E-state index is -0.328. The Labute approximate surface area is 184 Å². The first-order valence-electron chi connectivity index (χ1n) is 10.2. The number of rotatable bonds is 4. The number of fused-ring (bicyclic) bond motifs is 3. The number of benzene rings is 4. The summed E-state index contributed by atoms with van der Waals surface area (Å²) in [5.74, 6) is -0.504. The van der Waals surface area contributed by atoms with Gasteiger partial charge in [-0.25, -0.2) is 4.98 Å². The summed E-state index contributed by atoms with van der Waals surface area (Å²) in [6, 6.07) is 22.3. The van der Waals surface area contributed by atoms with E-state index in [1.165, 1.54) is 0 Å². The van der Waals surface area contributed by atoms with E-state index < -0.39 is 0 Å². The fraction of sp³-hybridized carbons (Fsp3) is 0.0769. The van der Waals surface area contributed by atoms with Crippen molar-refractivity contribution in [2.75, 3.05) is 6.61 Å². The molecule has 0 saturated carbocycles. The van der Waals surface area contributed by atoms with E-state index in [-0.39, 0.29) is 28.6 Å². The van der Waals surface area contributed by atoms with Crippen LogP contribution in [0.4, 0.5) is 0 Å². The van der Waals surface area contributed by atoms with Gasteiger partial charge in [0.15, 0.2) is 5.82 Å². The number of aromatic nitrogens is 2. The van der Waals surface area contributed by atoms with Gasteiger partial charge in [0.1, 0.15) is 22.8 Å². The van der Waals surface area contributed by atoms with Gasteiger partial charge in [-0.3, -0.25) is 0 Å². The molecule has 3 N–H and O–H groups in total. The largest absolute Gasteiger partial charge is 0.508 e. The van der Waals surface area contributed by atoms with Crippen molar-refractivity contribution >= 4 is 21.5 Å². The molecule has 0 fully saturated rings. The molecule has 6 nitrogen and oxygen atoms in total. The summed E-state index contributed by atoms with van der Waals surface area (Å²) >= 11 is 0. The van der Waals surface area contributed by atoms with Gasteiger partial charge in [-0.15, -0.1) is 0 Å². The van der Waals surface area contributed by atoms with Crippen LogP contribution in [0.25, 0.3) is 44.2 Å². The second kappa shape index (κ2) is 7.74. The van der Waals surface area contributed by atoms with Crippen LogP contribution in [0.5, 0.6) is 23.1 Å². The molecule has 5 rings (SSSR count). The van der Waals surface area contributed by atoms with Crippen LogP contribution in [-0.2, 0) is 0 Å². The van der Waals surface area contributed by atoms with Gasteiger partial charge in [-0.1, -0.05) is 48.5 Å². The van der Waals surface area contributed by atoms with Crippen molar-refractivity contribution in [1.29, 1.82) is 0 Å². The van der Waals surface area contributed by atoms with Crippen molar-refractivity contribution in [2.24, 2.45) is 0 Å². The third-order valence-corrected chi connectivity index (χ3v) is 5.34. The van der Waals surface area contributed by atoms with Gasteiger partial charge in [0.05, 0.1) is 12.3 Å². The number of phenolic OH excluding ortho intramolecular Hbond substituents is 3. The summed E-state index contributed by atoms with van der Waals surface area (Å²) in [6.07, 6.45) is 0. The lowest BCUT2D eigenvalue weighted by atomic mass is 9.95. The predicted octanol–water partition coefficient (Wildman–Crippen LogP) is 5.63. The van der Waals surface area contributed by atoms with E-state index in [1.54, 1.807) is 6.07 Å². The summed E-state index contributed by atoms with van der Waals surface area (Å²) in [6.45, 7) is 2.24. The van der Waals surface area contributed by atoms with E-state index in [9.17, 15) is 15.3 Å². The smallest absolute Gasteiger partial charge is 0.217 e. The quantitative estimate of drug-likeness (QED) is 0.324. The zero-order valence-corrected chi connectivity index (χ0v) is 17.3. The highest BCUT2D eigenvalue weighted by molar-refractivity contribution is 6.13. The Hall–Kier alpha value is -4.32. The molecule has 4 aromatic carbocycles. The van der Waals surface area contributed by atoms with Crippen molar-refractivity contribution in [2.45, 2.75) is 6.92 Å². The molecule has 0 unspecified atom stereocenters. The summed E-state index contributed by atoms with van der Waals surface area (Å²) < 4.78 is 5.67. The lowest BCUT2D eigenvalue weighted by molar-refractivity contribution is 0.326. The molecule has 0 amide bonds. The van der Waals surface area contributed by atoms with Crippen molar-refractivity contribution in [3.05, 3.63) is 72.8 Å². The summed E-state index contributed by atoms with van der Waals surface area (Å²) in [5.41, 5.74) is 1.49. The zero-order valence-electron chi connectivity index (χ0n) is 17.3. The molecular formula is C26H20N2O4. The molecule has 5 aromatic rings. The second-order valence-corrected chi connectivity index (χ2v) is 7.40. The fourth-order valence-corrected chi connectivity index (χ4v) is 3.99. The number of hydrogen-bond acceptors (Lipinski definition) is 6. The normalized spacial score (nSPS) is 11.2. The van der Waals surface area contributed by atoms with Crippen LogP contribution >= 0.6 is 0 Å². The molecule has 0 bridgehead atoms. The summed E-state index contributed by atoms with van der Waals surface area (Å²) in [5, 5.41) is 34.7. The molecule has 32 heavy (non-hydrogen) atoms. The van der Waals surface area contributed by atoms with Gasteiger partial charge in [0.2, 0.25) is 5.88 Å². The monoisotopic (exact) mass is 424 g/mol. The van der Waals surface area contributed by atoms with Crippen LogP contribution in [0, 0.1) is 0 Å². The molecule has 0 atom stereocenters. The Kier molecular flexibility index (Phi) is 4.75. The Morgan fingerprint density at radius 1 is 0.750 bits per heavy atom. The first-order chi connectivity index (χ1) is 15.5. The molecular weight excluding hydrogens is 404 g/mol. The molecule has 6 heteroatoms. The molecule has 1 heterocycles.